The average Bonchev–Trinajstić information content (AvgIpc) is 1.94. The van der Waals surface area contributed by atoms with Crippen LogP contribution in [0.15, 0.2) is 12.2 Å². The van der Waals surface area contributed by atoms with Crippen molar-refractivity contribution in [1.29, 1.82) is 0 Å². The largest absolute Gasteiger partial charge is 0.392 e. The molecular weight excluding hydrogens is 168 g/mol. The molecule has 1 N–H and O–H groups in total. The zero-order valence-electron chi connectivity index (χ0n) is 7.88. The molecule has 0 aromatic heterocycles. The molecule has 0 radical (unpaired) electrons. The Kier molecular flexibility index (Phi) is 2.89. The SMILES string of the molecule is C=C(C)[C@H]1CC[C@@](C)(S)C(O)C1. The van der Waals surface area contributed by atoms with Crippen LogP contribution in [0.25, 0.3) is 0 Å². The summed E-state index contributed by atoms with van der Waals surface area (Å²) in [6.07, 6.45) is 2.65. The van der Waals surface area contributed by atoms with Gasteiger partial charge in [0.05, 0.1) is 6.10 Å². The van der Waals surface area contributed by atoms with Gasteiger partial charge in [-0.25, -0.2) is 0 Å². The van der Waals surface area contributed by atoms with E-state index in [2.05, 4.69) is 19.2 Å². The van der Waals surface area contributed by atoms with E-state index in [9.17, 15) is 5.11 Å². The summed E-state index contributed by atoms with van der Waals surface area (Å²) >= 11 is 4.44. The second-order valence-electron chi connectivity index (χ2n) is 4.19. The first-order valence-electron chi connectivity index (χ1n) is 4.49. The van der Waals surface area contributed by atoms with Crippen LogP contribution in [0.1, 0.15) is 33.1 Å². The second kappa shape index (κ2) is 3.43. The number of rotatable bonds is 1. The Morgan fingerprint density at radius 1 is 1.67 bits per heavy atom. The van der Waals surface area contributed by atoms with Crippen molar-refractivity contribution in [3.63, 3.8) is 0 Å². The third kappa shape index (κ3) is 2.05. The maximum Gasteiger partial charge on any atom is 0.0687 e. The third-order valence-corrected chi connectivity index (χ3v) is 3.44. The Bertz CT molecular complexity index is 186. The maximum absolute atomic E-state index is 9.74. The van der Waals surface area contributed by atoms with Gasteiger partial charge in [0.2, 0.25) is 0 Å². The molecule has 1 saturated carbocycles. The highest BCUT2D eigenvalue weighted by Gasteiger charge is 2.36. The Balaban J connectivity index is 2.58. The average molecular weight is 186 g/mol. The molecule has 0 aliphatic heterocycles. The van der Waals surface area contributed by atoms with Gasteiger partial charge in [-0.3, -0.25) is 0 Å². The van der Waals surface area contributed by atoms with Gasteiger partial charge in [0, 0.05) is 4.75 Å². The van der Waals surface area contributed by atoms with E-state index in [-0.39, 0.29) is 10.9 Å². The number of aliphatic hydroxyl groups excluding tert-OH is 1. The standard InChI is InChI=1S/C10H18OS/c1-7(2)8-4-5-10(3,12)9(11)6-8/h8-9,11-12H,1,4-6H2,2-3H3/t8-,9?,10+/m0/s1. The first kappa shape index (κ1) is 10.1. The van der Waals surface area contributed by atoms with E-state index in [4.69, 9.17) is 0 Å². The van der Waals surface area contributed by atoms with Crippen molar-refractivity contribution in [2.24, 2.45) is 5.92 Å². The van der Waals surface area contributed by atoms with Crippen molar-refractivity contribution in [1.82, 2.24) is 0 Å². The minimum Gasteiger partial charge on any atom is -0.392 e. The van der Waals surface area contributed by atoms with Crippen molar-refractivity contribution in [2.75, 3.05) is 0 Å². The summed E-state index contributed by atoms with van der Waals surface area (Å²) in [6.45, 7) is 7.97. The molecule has 1 unspecified atom stereocenters. The highest BCUT2D eigenvalue weighted by molar-refractivity contribution is 7.81. The van der Waals surface area contributed by atoms with Crippen molar-refractivity contribution >= 4 is 12.6 Å². The molecule has 1 aliphatic carbocycles. The van der Waals surface area contributed by atoms with Gasteiger partial charge in [0.15, 0.2) is 0 Å². The zero-order chi connectivity index (χ0) is 9.35. The van der Waals surface area contributed by atoms with Crippen molar-refractivity contribution in [3.8, 4) is 0 Å². The second-order valence-corrected chi connectivity index (χ2v) is 5.21. The minimum absolute atomic E-state index is 0.189. The number of hydrogen-bond acceptors (Lipinski definition) is 2. The van der Waals surface area contributed by atoms with Gasteiger partial charge in [0.25, 0.3) is 0 Å². The fourth-order valence-electron chi connectivity index (χ4n) is 1.72. The Labute approximate surface area is 80.3 Å². The van der Waals surface area contributed by atoms with E-state index >= 15 is 0 Å². The van der Waals surface area contributed by atoms with Crippen LogP contribution in [0.3, 0.4) is 0 Å². The number of allylic oxidation sites excluding steroid dienone is 1. The Morgan fingerprint density at radius 3 is 2.67 bits per heavy atom. The molecule has 3 atom stereocenters. The first-order chi connectivity index (χ1) is 5.43. The molecule has 0 spiro atoms. The van der Waals surface area contributed by atoms with Gasteiger partial charge in [-0.2, -0.15) is 12.6 Å². The molecule has 0 saturated heterocycles. The highest BCUT2D eigenvalue weighted by atomic mass is 32.1. The summed E-state index contributed by atoms with van der Waals surface area (Å²) in [7, 11) is 0. The number of aliphatic hydroxyl groups is 1. The highest BCUT2D eigenvalue weighted by Crippen LogP contribution is 2.38. The van der Waals surface area contributed by atoms with E-state index < -0.39 is 0 Å². The molecule has 1 rings (SSSR count). The lowest BCUT2D eigenvalue weighted by Gasteiger charge is -2.38. The van der Waals surface area contributed by atoms with Crippen LogP contribution in [0.5, 0.6) is 0 Å². The molecule has 70 valence electrons. The normalized spacial score (nSPS) is 42.7. The van der Waals surface area contributed by atoms with E-state index in [0.29, 0.717) is 5.92 Å². The summed E-state index contributed by atoms with van der Waals surface area (Å²) in [5, 5.41) is 9.74. The first-order valence-corrected chi connectivity index (χ1v) is 4.94. The molecule has 12 heavy (non-hydrogen) atoms. The summed E-state index contributed by atoms with van der Waals surface area (Å²) in [5.41, 5.74) is 1.19. The summed E-state index contributed by atoms with van der Waals surface area (Å²) in [5.74, 6) is 0.500. The van der Waals surface area contributed by atoms with Crippen molar-refractivity contribution in [2.45, 2.75) is 44.0 Å². The fourth-order valence-corrected chi connectivity index (χ4v) is 1.96. The van der Waals surface area contributed by atoms with Crippen LogP contribution >= 0.6 is 12.6 Å². The summed E-state index contributed by atoms with van der Waals surface area (Å²) < 4.78 is -0.189. The zero-order valence-corrected chi connectivity index (χ0v) is 8.77. The predicted octanol–water partition coefficient (Wildman–Crippen LogP) is 2.41. The van der Waals surface area contributed by atoms with Crippen molar-refractivity contribution in [3.05, 3.63) is 12.2 Å². The van der Waals surface area contributed by atoms with E-state index in [1.54, 1.807) is 0 Å². The van der Waals surface area contributed by atoms with E-state index in [1.807, 2.05) is 13.8 Å². The van der Waals surface area contributed by atoms with Crippen LogP contribution in [-0.2, 0) is 0 Å². The Hall–Kier alpha value is 0.0500. The van der Waals surface area contributed by atoms with Crippen LogP contribution in [0.2, 0.25) is 0 Å². The molecular formula is C10H18OS. The smallest absolute Gasteiger partial charge is 0.0687 e. The molecule has 1 nitrogen and oxygen atoms in total. The van der Waals surface area contributed by atoms with Gasteiger partial charge in [-0.1, -0.05) is 12.2 Å². The molecule has 1 fully saturated rings. The Morgan fingerprint density at radius 2 is 2.25 bits per heavy atom. The lowest BCUT2D eigenvalue weighted by atomic mass is 9.77. The van der Waals surface area contributed by atoms with Crippen molar-refractivity contribution < 1.29 is 5.11 Å². The number of thiol groups is 1. The summed E-state index contributed by atoms with van der Waals surface area (Å²) in [6, 6.07) is 0. The van der Waals surface area contributed by atoms with Crippen LogP contribution in [0.4, 0.5) is 0 Å². The minimum atomic E-state index is -0.281. The maximum atomic E-state index is 9.74. The molecule has 0 heterocycles. The lowest BCUT2D eigenvalue weighted by Crippen LogP contribution is -2.40. The van der Waals surface area contributed by atoms with Gasteiger partial charge in [-0.15, -0.1) is 0 Å². The lowest BCUT2D eigenvalue weighted by molar-refractivity contribution is 0.0806. The fraction of sp³-hybridized carbons (Fsp3) is 0.800. The topological polar surface area (TPSA) is 20.2 Å². The van der Waals surface area contributed by atoms with Gasteiger partial charge in [-0.05, 0) is 39.0 Å². The molecule has 0 aromatic carbocycles. The molecule has 0 bridgehead atoms. The van der Waals surface area contributed by atoms with Gasteiger partial charge in [0.1, 0.15) is 0 Å². The monoisotopic (exact) mass is 186 g/mol. The van der Waals surface area contributed by atoms with Crippen LogP contribution < -0.4 is 0 Å². The molecule has 0 aromatic rings. The van der Waals surface area contributed by atoms with E-state index in [0.717, 1.165) is 19.3 Å². The summed E-state index contributed by atoms with van der Waals surface area (Å²) in [4.78, 5) is 0. The predicted molar refractivity (Wildman–Crippen MR) is 55.6 cm³/mol. The van der Waals surface area contributed by atoms with E-state index in [1.165, 1.54) is 5.57 Å². The van der Waals surface area contributed by atoms with Gasteiger partial charge < -0.3 is 5.11 Å². The third-order valence-electron chi connectivity index (χ3n) is 2.92. The quantitative estimate of drug-likeness (QED) is 0.476. The molecule has 0 amide bonds. The van der Waals surface area contributed by atoms with Crippen LogP contribution in [0, 0.1) is 5.92 Å². The molecule has 1 aliphatic rings. The van der Waals surface area contributed by atoms with Gasteiger partial charge >= 0.3 is 0 Å². The number of hydrogen-bond donors (Lipinski definition) is 2. The van der Waals surface area contributed by atoms with Crippen LogP contribution in [-0.4, -0.2) is 16.0 Å². The molecule has 2 heteroatoms.